The van der Waals surface area contributed by atoms with Crippen LogP contribution in [0.5, 0.6) is 17.2 Å². The van der Waals surface area contributed by atoms with Crippen LogP contribution in [0.4, 0.5) is 0 Å². The molecule has 3 aromatic rings. The molecule has 0 spiro atoms. The summed E-state index contributed by atoms with van der Waals surface area (Å²) in [6, 6.07) is 13.2. The fraction of sp³-hybridized carbons (Fsp3) is 0.179. The zero-order valence-electron chi connectivity index (χ0n) is 21.6. The number of carbonyl (C=O) groups is 3. The van der Waals surface area contributed by atoms with Crippen molar-refractivity contribution < 1.29 is 46.3 Å². The first kappa shape index (κ1) is 32.6. The molecule has 0 N–H and O–H groups in total. The summed E-state index contributed by atoms with van der Waals surface area (Å²) in [6.45, 7) is 1.20. The van der Waals surface area contributed by atoms with Crippen LogP contribution < -0.4 is 14.2 Å². The average molecular weight is 929 g/mol. The van der Waals surface area contributed by atoms with Crippen LogP contribution in [0.1, 0.15) is 40.5 Å². The Morgan fingerprint density at radius 3 is 2.17 bits per heavy atom. The Kier molecular flexibility index (Phi) is 10.5. The number of allylic oxidation sites excluding steroid dienone is 1. The third-order valence-corrected chi connectivity index (χ3v) is 9.97. The molecule has 1 aliphatic carbocycles. The van der Waals surface area contributed by atoms with Gasteiger partial charge in [0.15, 0.2) is 6.61 Å². The van der Waals surface area contributed by atoms with Crippen LogP contribution in [0.2, 0.25) is 0 Å². The molecule has 0 bridgehead atoms. The summed E-state index contributed by atoms with van der Waals surface area (Å²) in [5.74, 6) is -2.64. The fourth-order valence-electron chi connectivity index (χ4n) is 3.99. The first-order valence-corrected chi connectivity index (χ1v) is 16.7. The molecular formula is C28H20I3O10S-. The van der Waals surface area contributed by atoms with Gasteiger partial charge in [-0.05, 0) is 142 Å². The normalized spacial score (nSPS) is 16.1. The molecule has 0 saturated heterocycles. The van der Waals surface area contributed by atoms with Crippen molar-refractivity contribution in [3.63, 3.8) is 0 Å². The van der Waals surface area contributed by atoms with Crippen LogP contribution in [0.3, 0.4) is 0 Å². The molecule has 14 heteroatoms. The number of rotatable bonds is 9. The molecule has 220 valence electrons. The third-order valence-electron chi connectivity index (χ3n) is 5.88. The van der Waals surface area contributed by atoms with Gasteiger partial charge in [-0.3, -0.25) is 0 Å². The summed E-state index contributed by atoms with van der Waals surface area (Å²) in [7, 11) is -4.78. The van der Waals surface area contributed by atoms with Crippen LogP contribution in [-0.2, 0) is 19.6 Å². The molecular weight excluding hydrogens is 909 g/mol. The zero-order chi connectivity index (χ0) is 30.7. The van der Waals surface area contributed by atoms with E-state index in [0.29, 0.717) is 6.42 Å². The van der Waals surface area contributed by atoms with Crippen molar-refractivity contribution in [1.29, 1.82) is 0 Å². The second-order valence-corrected chi connectivity index (χ2v) is 14.0. The Labute approximate surface area is 282 Å². The maximum Gasteiger partial charge on any atom is 0.348 e. The lowest BCUT2D eigenvalue weighted by Gasteiger charge is -2.22. The zero-order valence-corrected chi connectivity index (χ0v) is 28.9. The molecule has 0 saturated carbocycles. The summed E-state index contributed by atoms with van der Waals surface area (Å²) >= 11 is 5.40. The minimum Gasteiger partial charge on any atom is -0.744 e. The summed E-state index contributed by atoms with van der Waals surface area (Å²) in [4.78, 5) is 38.8. The largest absolute Gasteiger partial charge is 0.744 e. The van der Waals surface area contributed by atoms with E-state index in [2.05, 4.69) is 22.6 Å². The lowest BCUT2D eigenvalue weighted by Crippen LogP contribution is -2.30. The second kappa shape index (κ2) is 13.6. The second-order valence-electron chi connectivity index (χ2n) is 9.10. The third kappa shape index (κ3) is 8.20. The number of hydrogen-bond acceptors (Lipinski definition) is 10. The number of ether oxygens (including phenoxy) is 4. The lowest BCUT2D eigenvalue weighted by atomic mass is 10.1. The molecule has 3 aromatic carbocycles. The summed E-state index contributed by atoms with van der Waals surface area (Å²) in [5.41, 5.74) is -1.31. The molecule has 0 amide bonds. The molecule has 1 unspecified atom stereocenters. The lowest BCUT2D eigenvalue weighted by molar-refractivity contribution is -0.156. The Hall–Kier alpha value is -2.29. The summed E-state index contributed by atoms with van der Waals surface area (Å²) < 4.78 is 58.0. The molecule has 0 fully saturated rings. The van der Waals surface area contributed by atoms with Crippen molar-refractivity contribution in [2.24, 2.45) is 0 Å². The van der Waals surface area contributed by atoms with E-state index >= 15 is 0 Å². The highest BCUT2D eigenvalue weighted by molar-refractivity contribution is 14.1. The molecule has 1 aliphatic rings. The van der Waals surface area contributed by atoms with E-state index in [1.807, 2.05) is 6.08 Å². The van der Waals surface area contributed by atoms with E-state index in [-0.39, 0.29) is 35.5 Å². The number of carbonyl (C=O) groups excluding carboxylic acids is 3. The predicted octanol–water partition coefficient (Wildman–Crippen LogP) is 5.87. The van der Waals surface area contributed by atoms with Crippen molar-refractivity contribution >= 4 is 95.8 Å². The van der Waals surface area contributed by atoms with E-state index in [9.17, 15) is 27.4 Å². The Morgan fingerprint density at radius 2 is 1.57 bits per heavy atom. The van der Waals surface area contributed by atoms with E-state index in [4.69, 9.17) is 18.9 Å². The minimum absolute atomic E-state index is 0.0392. The van der Waals surface area contributed by atoms with Crippen molar-refractivity contribution in [2.45, 2.75) is 30.3 Å². The maximum absolute atomic E-state index is 13.5. The van der Waals surface area contributed by atoms with Gasteiger partial charge in [0.1, 0.15) is 38.5 Å². The molecule has 0 aliphatic heterocycles. The molecule has 10 nitrogen and oxygen atoms in total. The van der Waals surface area contributed by atoms with Crippen molar-refractivity contribution in [3.8, 4) is 17.2 Å². The Morgan fingerprint density at radius 1 is 0.929 bits per heavy atom. The number of benzene rings is 3. The average Bonchev–Trinajstić information content (AvgIpc) is 3.32. The standard InChI is InChI=1S/C28H21I3O10S/c1-28(11-2-3-12-28)41-23(32)15-38-22-6-4-5-19(26(33)39-17-9-7-16(29)8-10-17)24(22)27(34)40-18-13-20(30)25(21(31)14-18)42(35,36)37/h2,4-11,13-14H,3,12,15H2,1H3,(H,35,36,37)/p-1. The highest BCUT2D eigenvalue weighted by Gasteiger charge is 2.30. The highest BCUT2D eigenvalue weighted by atomic mass is 127. The predicted molar refractivity (Wildman–Crippen MR) is 174 cm³/mol. The van der Waals surface area contributed by atoms with Gasteiger partial charge in [0, 0.05) is 10.7 Å². The summed E-state index contributed by atoms with van der Waals surface area (Å²) in [5, 5.41) is 0. The molecule has 1 atom stereocenters. The van der Waals surface area contributed by atoms with E-state index in [1.54, 1.807) is 82.4 Å². The van der Waals surface area contributed by atoms with Crippen LogP contribution in [0.15, 0.2) is 71.6 Å². The fourth-order valence-corrected chi connectivity index (χ4v) is 8.27. The van der Waals surface area contributed by atoms with Crippen molar-refractivity contribution in [2.75, 3.05) is 6.61 Å². The summed E-state index contributed by atoms with van der Waals surface area (Å²) in [6.07, 6.45) is 5.10. The van der Waals surface area contributed by atoms with Crippen LogP contribution >= 0.6 is 67.8 Å². The first-order valence-electron chi connectivity index (χ1n) is 12.1. The van der Waals surface area contributed by atoms with Gasteiger partial charge in [-0.2, -0.15) is 0 Å². The van der Waals surface area contributed by atoms with Gasteiger partial charge in [-0.1, -0.05) is 12.1 Å². The molecule has 0 heterocycles. The number of esters is 3. The van der Waals surface area contributed by atoms with Gasteiger partial charge in [-0.15, -0.1) is 0 Å². The number of hydrogen-bond donors (Lipinski definition) is 0. The maximum atomic E-state index is 13.5. The quantitative estimate of drug-likeness (QED) is 0.0840. The van der Waals surface area contributed by atoms with Gasteiger partial charge in [0.2, 0.25) is 0 Å². The highest BCUT2D eigenvalue weighted by Crippen LogP contribution is 2.32. The number of halogens is 3. The van der Waals surface area contributed by atoms with Crippen molar-refractivity contribution in [1.82, 2.24) is 0 Å². The van der Waals surface area contributed by atoms with E-state index in [1.165, 1.54) is 30.3 Å². The molecule has 42 heavy (non-hydrogen) atoms. The Balaban J connectivity index is 1.65. The monoisotopic (exact) mass is 929 g/mol. The van der Waals surface area contributed by atoms with Gasteiger partial charge in [0.25, 0.3) is 0 Å². The molecule has 4 rings (SSSR count). The Bertz CT molecular complexity index is 1660. The SMILES string of the molecule is CC1(OC(=O)COc2cccc(C(=O)Oc3ccc(I)cc3)c2C(=O)Oc2cc(I)c(S(=O)(=O)[O-])c(I)c2)C=CCC1. The first-order chi connectivity index (χ1) is 19.8. The smallest absolute Gasteiger partial charge is 0.348 e. The van der Waals surface area contributed by atoms with Gasteiger partial charge in [-0.25, -0.2) is 22.8 Å². The van der Waals surface area contributed by atoms with Crippen LogP contribution in [0.25, 0.3) is 0 Å². The van der Waals surface area contributed by atoms with Crippen LogP contribution in [0, 0.1) is 10.7 Å². The van der Waals surface area contributed by atoms with Gasteiger partial charge < -0.3 is 23.5 Å². The van der Waals surface area contributed by atoms with Crippen molar-refractivity contribution in [3.05, 3.63) is 88.6 Å². The van der Waals surface area contributed by atoms with Gasteiger partial charge in [0.05, 0.1) is 10.5 Å². The topological polar surface area (TPSA) is 145 Å². The minimum atomic E-state index is -4.78. The van der Waals surface area contributed by atoms with E-state index in [0.717, 1.165) is 9.99 Å². The van der Waals surface area contributed by atoms with Crippen LogP contribution in [-0.4, -0.2) is 43.1 Å². The van der Waals surface area contributed by atoms with Gasteiger partial charge >= 0.3 is 17.9 Å². The van der Waals surface area contributed by atoms with E-state index < -0.39 is 45.1 Å². The molecule has 0 aromatic heterocycles. The molecule has 0 radical (unpaired) electrons.